The Balaban J connectivity index is 1.12. The molecule has 0 fully saturated rings. The minimum absolute atomic E-state index is 0.904. The largest absolute Gasteiger partial charge is 0.310 e. The third kappa shape index (κ3) is 4.74. The lowest BCUT2D eigenvalue weighted by molar-refractivity contribution is 1.09. The fourth-order valence-electron chi connectivity index (χ4n) is 7.21. The maximum atomic E-state index is 2.45. The van der Waals surface area contributed by atoms with Crippen molar-refractivity contribution in [3.8, 4) is 11.1 Å². The molecular formula is C45H32N2. The Morgan fingerprint density at radius 1 is 0.383 bits per heavy atom. The van der Waals surface area contributed by atoms with Crippen molar-refractivity contribution in [1.82, 2.24) is 0 Å². The van der Waals surface area contributed by atoms with Gasteiger partial charge in [0.2, 0.25) is 0 Å². The molecule has 1 aliphatic heterocycles. The molecule has 0 bridgehead atoms. The molecule has 0 saturated heterocycles. The lowest BCUT2D eigenvalue weighted by Gasteiger charge is -2.34. The first-order valence-corrected chi connectivity index (χ1v) is 16.2. The highest BCUT2D eigenvalue weighted by Crippen LogP contribution is 2.47. The third-order valence-corrected chi connectivity index (χ3v) is 9.42. The first kappa shape index (κ1) is 27.2. The number of hydrogen-bond acceptors (Lipinski definition) is 2. The van der Waals surface area contributed by atoms with Crippen LogP contribution in [0.5, 0.6) is 0 Å². The Labute approximate surface area is 275 Å². The molecule has 8 aromatic rings. The number of rotatable bonds is 5. The summed E-state index contributed by atoms with van der Waals surface area (Å²) in [7, 11) is 0. The molecule has 0 spiro atoms. The van der Waals surface area contributed by atoms with Crippen molar-refractivity contribution in [3.63, 3.8) is 0 Å². The summed E-state index contributed by atoms with van der Waals surface area (Å²) in [5, 5.41) is 4.97. The lowest BCUT2D eigenvalue weighted by Crippen LogP contribution is -2.18. The van der Waals surface area contributed by atoms with Crippen LogP contribution >= 0.6 is 0 Å². The standard InChI is InChI=1S/C45H32N2/c1-2-17-38(18-3-1)46(44-22-10-15-33-12-4-7-19-40(33)44)39-27-24-32(25-28-39)35-26-29-43-37(30-35)31-36-14-6-9-21-42(36)47(43)45-23-11-16-34-13-5-8-20-41(34)45/h1-30H,31H2. The summed E-state index contributed by atoms with van der Waals surface area (Å²) in [5.41, 5.74) is 12.2. The molecule has 47 heavy (non-hydrogen) atoms. The second-order valence-corrected chi connectivity index (χ2v) is 12.2. The highest BCUT2D eigenvalue weighted by molar-refractivity contribution is 6.01. The van der Waals surface area contributed by atoms with E-state index in [1.165, 1.54) is 66.5 Å². The van der Waals surface area contributed by atoms with E-state index in [9.17, 15) is 0 Å². The Morgan fingerprint density at radius 2 is 0.957 bits per heavy atom. The molecule has 0 aliphatic carbocycles. The van der Waals surface area contributed by atoms with Crippen molar-refractivity contribution < 1.29 is 0 Å². The quantitative estimate of drug-likeness (QED) is 0.194. The van der Waals surface area contributed by atoms with E-state index in [1.807, 2.05) is 0 Å². The van der Waals surface area contributed by atoms with Gasteiger partial charge in [-0.3, -0.25) is 0 Å². The van der Waals surface area contributed by atoms with Gasteiger partial charge in [-0.05, 0) is 87.6 Å². The van der Waals surface area contributed by atoms with Crippen LogP contribution in [0.3, 0.4) is 0 Å². The SMILES string of the molecule is c1ccc(N(c2ccc(-c3ccc4c(c3)Cc3ccccc3N4c3cccc4ccccc34)cc2)c2cccc3ccccc23)cc1. The molecule has 2 heteroatoms. The van der Waals surface area contributed by atoms with Gasteiger partial charge in [0.15, 0.2) is 0 Å². The summed E-state index contributed by atoms with van der Waals surface area (Å²) in [6, 6.07) is 65.9. The van der Waals surface area contributed by atoms with Gasteiger partial charge >= 0.3 is 0 Å². The molecule has 0 N–H and O–H groups in total. The van der Waals surface area contributed by atoms with E-state index < -0.39 is 0 Å². The lowest BCUT2D eigenvalue weighted by atomic mass is 9.91. The van der Waals surface area contributed by atoms with Gasteiger partial charge in [-0.2, -0.15) is 0 Å². The van der Waals surface area contributed by atoms with Gasteiger partial charge in [-0.1, -0.05) is 127 Å². The zero-order valence-electron chi connectivity index (χ0n) is 25.9. The van der Waals surface area contributed by atoms with Crippen molar-refractivity contribution in [2.75, 3.05) is 9.80 Å². The molecule has 0 amide bonds. The van der Waals surface area contributed by atoms with E-state index in [1.54, 1.807) is 0 Å². The minimum Gasteiger partial charge on any atom is -0.310 e. The van der Waals surface area contributed by atoms with Crippen LogP contribution in [0.15, 0.2) is 182 Å². The molecule has 8 aromatic carbocycles. The molecule has 2 nitrogen and oxygen atoms in total. The predicted octanol–water partition coefficient (Wildman–Crippen LogP) is 12.5. The average molecular weight is 601 g/mol. The van der Waals surface area contributed by atoms with Crippen LogP contribution in [0.2, 0.25) is 0 Å². The Bertz CT molecular complexity index is 2380. The molecule has 1 heterocycles. The Kier molecular flexibility index (Phi) is 6.57. The summed E-state index contributed by atoms with van der Waals surface area (Å²) in [5.74, 6) is 0. The summed E-state index contributed by atoms with van der Waals surface area (Å²) in [6.07, 6.45) is 0.904. The maximum Gasteiger partial charge on any atom is 0.0540 e. The summed E-state index contributed by atoms with van der Waals surface area (Å²) < 4.78 is 0. The van der Waals surface area contributed by atoms with Crippen molar-refractivity contribution in [1.29, 1.82) is 0 Å². The van der Waals surface area contributed by atoms with E-state index >= 15 is 0 Å². The number of para-hydroxylation sites is 2. The van der Waals surface area contributed by atoms with Gasteiger partial charge < -0.3 is 9.80 Å². The number of fused-ring (bicyclic) bond motifs is 4. The van der Waals surface area contributed by atoms with Gasteiger partial charge in [0.05, 0.1) is 11.4 Å². The highest BCUT2D eigenvalue weighted by Gasteiger charge is 2.25. The second kappa shape index (κ2) is 11.3. The van der Waals surface area contributed by atoms with Gasteiger partial charge in [0, 0.05) is 39.9 Å². The topological polar surface area (TPSA) is 6.48 Å². The predicted molar refractivity (Wildman–Crippen MR) is 199 cm³/mol. The Hall–Kier alpha value is -6.12. The Morgan fingerprint density at radius 3 is 1.79 bits per heavy atom. The van der Waals surface area contributed by atoms with Crippen LogP contribution in [0.1, 0.15) is 11.1 Å². The fraction of sp³-hybridized carbons (Fsp3) is 0.0222. The van der Waals surface area contributed by atoms with Gasteiger partial charge in [-0.15, -0.1) is 0 Å². The van der Waals surface area contributed by atoms with E-state index in [0.29, 0.717) is 0 Å². The van der Waals surface area contributed by atoms with Gasteiger partial charge in [0.25, 0.3) is 0 Å². The molecular weight excluding hydrogens is 569 g/mol. The van der Waals surface area contributed by atoms with Crippen LogP contribution in [0, 0.1) is 0 Å². The van der Waals surface area contributed by atoms with Gasteiger partial charge in [-0.25, -0.2) is 0 Å². The molecule has 0 atom stereocenters. The van der Waals surface area contributed by atoms with E-state index in [0.717, 1.165) is 17.8 Å². The fourth-order valence-corrected chi connectivity index (χ4v) is 7.21. The van der Waals surface area contributed by atoms with Gasteiger partial charge in [0.1, 0.15) is 0 Å². The first-order chi connectivity index (χ1) is 23.3. The molecule has 9 rings (SSSR count). The number of benzene rings is 8. The minimum atomic E-state index is 0.904. The summed E-state index contributed by atoms with van der Waals surface area (Å²) >= 11 is 0. The van der Waals surface area contributed by atoms with E-state index in [4.69, 9.17) is 0 Å². The van der Waals surface area contributed by atoms with Crippen molar-refractivity contribution >= 4 is 55.7 Å². The van der Waals surface area contributed by atoms with Crippen LogP contribution in [0.25, 0.3) is 32.7 Å². The monoisotopic (exact) mass is 600 g/mol. The highest BCUT2D eigenvalue weighted by atomic mass is 15.2. The molecule has 222 valence electrons. The van der Waals surface area contributed by atoms with Crippen LogP contribution in [0.4, 0.5) is 34.1 Å². The normalized spacial score (nSPS) is 12.1. The van der Waals surface area contributed by atoms with E-state index in [-0.39, 0.29) is 0 Å². The van der Waals surface area contributed by atoms with Crippen molar-refractivity contribution in [2.24, 2.45) is 0 Å². The van der Waals surface area contributed by atoms with Crippen LogP contribution in [-0.2, 0) is 6.42 Å². The van der Waals surface area contributed by atoms with Crippen LogP contribution < -0.4 is 9.80 Å². The smallest absolute Gasteiger partial charge is 0.0540 e. The zero-order chi connectivity index (χ0) is 31.2. The summed E-state index contributed by atoms with van der Waals surface area (Å²) in [4.78, 5) is 4.81. The number of anilines is 6. The molecule has 0 unspecified atom stereocenters. The molecule has 0 radical (unpaired) electrons. The zero-order valence-corrected chi connectivity index (χ0v) is 25.9. The van der Waals surface area contributed by atoms with Crippen molar-refractivity contribution in [3.05, 3.63) is 193 Å². The first-order valence-electron chi connectivity index (χ1n) is 16.2. The number of hydrogen-bond donors (Lipinski definition) is 0. The summed E-state index contributed by atoms with van der Waals surface area (Å²) in [6.45, 7) is 0. The molecule has 1 aliphatic rings. The third-order valence-electron chi connectivity index (χ3n) is 9.42. The maximum absolute atomic E-state index is 2.45. The van der Waals surface area contributed by atoms with Crippen LogP contribution in [-0.4, -0.2) is 0 Å². The van der Waals surface area contributed by atoms with E-state index in [2.05, 4.69) is 192 Å². The van der Waals surface area contributed by atoms with Crippen molar-refractivity contribution in [2.45, 2.75) is 6.42 Å². The second-order valence-electron chi connectivity index (χ2n) is 12.2. The molecule has 0 aromatic heterocycles. The number of nitrogens with zero attached hydrogens (tertiary/aromatic N) is 2. The average Bonchev–Trinajstić information content (AvgIpc) is 3.14. The molecule has 0 saturated carbocycles.